The molecule has 0 unspecified atom stereocenters. The average molecular weight is 410 g/mol. The minimum atomic E-state index is -0.480. The second kappa shape index (κ2) is 7.40. The lowest BCUT2D eigenvalue weighted by molar-refractivity contribution is 0.623. The van der Waals surface area contributed by atoms with Crippen molar-refractivity contribution in [1.82, 2.24) is 28.5 Å². The van der Waals surface area contributed by atoms with E-state index in [1.165, 1.54) is 16.7 Å². The maximum atomic E-state index is 13.2. The molecule has 30 heavy (non-hydrogen) atoms. The first-order valence-corrected chi connectivity index (χ1v) is 9.84. The standard InChI is InChI=1S/C21H23FN6O2/c1-5-15-11-16(6-2)28(24-15)20-23-18-17(25(20)3)19(29)27(21(30)26(18)4)12-13-7-9-14(22)10-8-13/h7-11H,5-6,12H2,1-4H3. The van der Waals surface area contributed by atoms with Crippen LogP contribution in [0.1, 0.15) is 30.8 Å². The summed E-state index contributed by atoms with van der Waals surface area (Å²) < 4.78 is 19.1. The number of halogens is 1. The number of imidazole rings is 1. The Morgan fingerprint density at radius 3 is 2.33 bits per heavy atom. The number of hydrogen-bond acceptors (Lipinski definition) is 4. The molecule has 4 rings (SSSR count). The molecule has 0 spiro atoms. The molecule has 0 aliphatic carbocycles. The van der Waals surface area contributed by atoms with Gasteiger partial charge in [-0.2, -0.15) is 10.1 Å². The molecule has 0 radical (unpaired) electrons. The van der Waals surface area contributed by atoms with E-state index in [9.17, 15) is 14.0 Å². The molecular weight excluding hydrogens is 387 g/mol. The fourth-order valence-electron chi connectivity index (χ4n) is 3.61. The summed E-state index contributed by atoms with van der Waals surface area (Å²) in [6.07, 6.45) is 1.54. The van der Waals surface area contributed by atoms with Crippen molar-refractivity contribution in [2.45, 2.75) is 33.2 Å². The molecule has 0 aliphatic heterocycles. The maximum absolute atomic E-state index is 13.2. The lowest BCUT2D eigenvalue weighted by Gasteiger charge is -2.09. The minimum Gasteiger partial charge on any atom is -0.306 e. The van der Waals surface area contributed by atoms with E-state index in [1.807, 2.05) is 19.9 Å². The Kier molecular flexibility index (Phi) is 4.89. The Morgan fingerprint density at radius 1 is 1.00 bits per heavy atom. The van der Waals surface area contributed by atoms with E-state index in [0.717, 1.165) is 28.8 Å². The number of aryl methyl sites for hydroxylation is 4. The molecule has 0 bridgehead atoms. The summed E-state index contributed by atoms with van der Waals surface area (Å²) in [5.41, 5.74) is 2.25. The second-order valence-electron chi connectivity index (χ2n) is 7.25. The van der Waals surface area contributed by atoms with Crippen molar-refractivity contribution in [3.8, 4) is 5.95 Å². The first-order valence-electron chi connectivity index (χ1n) is 9.84. The number of benzene rings is 1. The molecule has 156 valence electrons. The molecular formula is C21H23FN6O2. The third-order valence-electron chi connectivity index (χ3n) is 5.34. The zero-order chi connectivity index (χ0) is 21.6. The van der Waals surface area contributed by atoms with Gasteiger partial charge in [0.1, 0.15) is 5.82 Å². The topological polar surface area (TPSA) is 79.6 Å². The van der Waals surface area contributed by atoms with Gasteiger partial charge in [0.15, 0.2) is 11.2 Å². The van der Waals surface area contributed by atoms with Crippen LogP contribution in [-0.4, -0.2) is 28.5 Å². The number of fused-ring (bicyclic) bond motifs is 1. The Bertz CT molecular complexity index is 1360. The Balaban J connectivity index is 1.94. The van der Waals surface area contributed by atoms with Crippen LogP contribution in [0.25, 0.3) is 17.1 Å². The van der Waals surface area contributed by atoms with Crippen LogP contribution in [0.2, 0.25) is 0 Å². The molecule has 0 saturated carbocycles. The van der Waals surface area contributed by atoms with Crippen molar-refractivity contribution < 1.29 is 4.39 Å². The monoisotopic (exact) mass is 410 g/mol. The molecule has 4 aromatic rings. The lowest BCUT2D eigenvalue weighted by Crippen LogP contribution is -2.39. The smallest absolute Gasteiger partial charge is 0.306 e. The first-order chi connectivity index (χ1) is 14.3. The van der Waals surface area contributed by atoms with Crippen molar-refractivity contribution in [3.63, 3.8) is 0 Å². The van der Waals surface area contributed by atoms with Crippen molar-refractivity contribution in [1.29, 1.82) is 0 Å². The molecule has 3 heterocycles. The van der Waals surface area contributed by atoms with Gasteiger partial charge in [0.25, 0.3) is 5.56 Å². The summed E-state index contributed by atoms with van der Waals surface area (Å²) in [6.45, 7) is 4.10. The van der Waals surface area contributed by atoms with Gasteiger partial charge in [-0.05, 0) is 36.6 Å². The lowest BCUT2D eigenvalue weighted by atomic mass is 10.2. The van der Waals surface area contributed by atoms with Crippen molar-refractivity contribution in [2.75, 3.05) is 0 Å². The van der Waals surface area contributed by atoms with Gasteiger partial charge in [0, 0.05) is 19.8 Å². The molecule has 3 aromatic heterocycles. The SMILES string of the molecule is CCc1cc(CC)n(-c2nc3c(c(=O)n(Cc4ccc(F)cc4)c(=O)n3C)n2C)n1. The Labute approximate surface area is 171 Å². The average Bonchev–Trinajstić information content (AvgIpc) is 3.31. The van der Waals surface area contributed by atoms with Gasteiger partial charge in [-0.25, -0.2) is 13.9 Å². The van der Waals surface area contributed by atoms with Crippen LogP contribution in [-0.2, 0) is 33.5 Å². The molecule has 0 atom stereocenters. The van der Waals surface area contributed by atoms with Crippen LogP contribution >= 0.6 is 0 Å². The quantitative estimate of drug-likeness (QED) is 0.504. The predicted octanol–water partition coefficient (Wildman–Crippen LogP) is 1.93. The number of nitrogens with zero attached hydrogens (tertiary/aromatic N) is 6. The largest absolute Gasteiger partial charge is 0.332 e. The minimum absolute atomic E-state index is 0.0458. The van der Waals surface area contributed by atoms with Crippen molar-refractivity contribution in [3.05, 3.63) is 73.9 Å². The summed E-state index contributed by atoms with van der Waals surface area (Å²) in [5.74, 6) is 0.108. The van der Waals surface area contributed by atoms with E-state index in [-0.39, 0.29) is 12.4 Å². The van der Waals surface area contributed by atoms with Gasteiger partial charge >= 0.3 is 5.69 Å². The number of aromatic nitrogens is 6. The molecule has 0 amide bonds. The Hall–Kier alpha value is -3.49. The van der Waals surface area contributed by atoms with Crippen LogP contribution in [0.4, 0.5) is 4.39 Å². The van der Waals surface area contributed by atoms with E-state index in [0.29, 0.717) is 22.7 Å². The third-order valence-corrected chi connectivity index (χ3v) is 5.34. The second-order valence-corrected chi connectivity index (χ2v) is 7.25. The zero-order valence-corrected chi connectivity index (χ0v) is 17.4. The van der Waals surface area contributed by atoms with Gasteiger partial charge in [-0.15, -0.1) is 0 Å². The highest BCUT2D eigenvalue weighted by molar-refractivity contribution is 5.72. The maximum Gasteiger partial charge on any atom is 0.332 e. The molecule has 0 saturated heterocycles. The first kappa shape index (κ1) is 19.8. The summed E-state index contributed by atoms with van der Waals surface area (Å²) in [6, 6.07) is 7.75. The highest BCUT2D eigenvalue weighted by atomic mass is 19.1. The van der Waals surface area contributed by atoms with E-state index in [2.05, 4.69) is 10.1 Å². The van der Waals surface area contributed by atoms with E-state index in [4.69, 9.17) is 0 Å². The highest BCUT2D eigenvalue weighted by Crippen LogP contribution is 2.17. The van der Waals surface area contributed by atoms with Crippen LogP contribution in [0.15, 0.2) is 39.9 Å². The zero-order valence-electron chi connectivity index (χ0n) is 17.4. The molecule has 0 aliphatic rings. The van der Waals surface area contributed by atoms with Crippen LogP contribution in [0, 0.1) is 5.82 Å². The predicted molar refractivity (Wildman–Crippen MR) is 112 cm³/mol. The molecule has 9 heteroatoms. The van der Waals surface area contributed by atoms with Crippen molar-refractivity contribution in [2.24, 2.45) is 14.1 Å². The van der Waals surface area contributed by atoms with Gasteiger partial charge in [0.05, 0.1) is 12.2 Å². The van der Waals surface area contributed by atoms with E-state index in [1.54, 1.807) is 35.5 Å². The molecule has 1 aromatic carbocycles. The van der Waals surface area contributed by atoms with E-state index >= 15 is 0 Å². The summed E-state index contributed by atoms with van der Waals surface area (Å²) in [5, 5.41) is 4.61. The van der Waals surface area contributed by atoms with Gasteiger partial charge < -0.3 is 4.57 Å². The normalized spacial score (nSPS) is 11.5. The van der Waals surface area contributed by atoms with Crippen LogP contribution in [0.5, 0.6) is 0 Å². The van der Waals surface area contributed by atoms with Crippen LogP contribution < -0.4 is 11.2 Å². The number of hydrogen-bond donors (Lipinski definition) is 0. The fourth-order valence-corrected chi connectivity index (χ4v) is 3.61. The van der Waals surface area contributed by atoms with Gasteiger partial charge in [-0.1, -0.05) is 26.0 Å². The van der Waals surface area contributed by atoms with Gasteiger partial charge in [-0.3, -0.25) is 13.9 Å². The summed E-state index contributed by atoms with van der Waals surface area (Å²) in [7, 11) is 3.33. The molecule has 0 N–H and O–H groups in total. The van der Waals surface area contributed by atoms with Gasteiger partial charge in [0.2, 0.25) is 5.95 Å². The fraction of sp³-hybridized carbons (Fsp3) is 0.333. The van der Waals surface area contributed by atoms with E-state index < -0.39 is 11.2 Å². The highest BCUT2D eigenvalue weighted by Gasteiger charge is 2.21. The Morgan fingerprint density at radius 2 is 1.70 bits per heavy atom. The molecule has 8 nitrogen and oxygen atoms in total. The number of rotatable bonds is 5. The summed E-state index contributed by atoms with van der Waals surface area (Å²) in [4.78, 5) is 30.7. The van der Waals surface area contributed by atoms with Crippen LogP contribution in [0.3, 0.4) is 0 Å². The third kappa shape index (κ3) is 3.06. The summed E-state index contributed by atoms with van der Waals surface area (Å²) >= 11 is 0. The van der Waals surface area contributed by atoms with Crippen molar-refractivity contribution >= 4 is 11.2 Å². The molecule has 0 fully saturated rings.